The molecule has 0 amide bonds. The number of nitrogens with zero attached hydrogens (tertiary/aromatic N) is 1. The van der Waals surface area contributed by atoms with Crippen molar-refractivity contribution in [2.45, 2.75) is 38.3 Å². The van der Waals surface area contributed by atoms with Gasteiger partial charge >= 0.3 is 0 Å². The molecule has 2 N–H and O–H groups in total. The lowest BCUT2D eigenvalue weighted by Gasteiger charge is -2.38. The van der Waals surface area contributed by atoms with E-state index in [0.717, 1.165) is 25.7 Å². The molecule has 1 saturated carbocycles. The maximum atomic E-state index is 5.58. The van der Waals surface area contributed by atoms with Gasteiger partial charge in [-0.3, -0.25) is 4.90 Å². The second-order valence-corrected chi connectivity index (χ2v) is 3.91. The van der Waals surface area contributed by atoms with E-state index in [4.69, 9.17) is 10.5 Å². The van der Waals surface area contributed by atoms with Crippen molar-refractivity contribution in [3.05, 3.63) is 0 Å². The summed E-state index contributed by atoms with van der Waals surface area (Å²) < 4.78 is 5.26. The molecule has 1 aliphatic rings. The summed E-state index contributed by atoms with van der Waals surface area (Å²) in [7, 11) is 1.77. The molecule has 3 heteroatoms. The van der Waals surface area contributed by atoms with Crippen LogP contribution < -0.4 is 5.73 Å². The SMILES string of the molecule is COC(C)CN(CCN)C1CCC1. The highest BCUT2D eigenvalue weighted by Gasteiger charge is 2.25. The van der Waals surface area contributed by atoms with E-state index in [0.29, 0.717) is 6.10 Å². The van der Waals surface area contributed by atoms with Crippen LogP contribution in [0.5, 0.6) is 0 Å². The second kappa shape index (κ2) is 5.58. The maximum Gasteiger partial charge on any atom is 0.0670 e. The van der Waals surface area contributed by atoms with Crippen LogP contribution in [0.2, 0.25) is 0 Å². The molecule has 13 heavy (non-hydrogen) atoms. The van der Waals surface area contributed by atoms with Crippen molar-refractivity contribution < 1.29 is 4.74 Å². The third kappa shape index (κ3) is 3.25. The van der Waals surface area contributed by atoms with E-state index in [-0.39, 0.29) is 0 Å². The zero-order valence-corrected chi connectivity index (χ0v) is 8.83. The summed E-state index contributed by atoms with van der Waals surface area (Å²) in [6, 6.07) is 0.779. The Hall–Kier alpha value is -0.120. The van der Waals surface area contributed by atoms with Gasteiger partial charge in [0.2, 0.25) is 0 Å². The molecule has 0 bridgehead atoms. The highest BCUT2D eigenvalue weighted by molar-refractivity contribution is 4.81. The molecule has 0 radical (unpaired) electrons. The van der Waals surface area contributed by atoms with Gasteiger partial charge in [-0.25, -0.2) is 0 Å². The number of hydrogen-bond acceptors (Lipinski definition) is 3. The monoisotopic (exact) mass is 186 g/mol. The van der Waals surface area contributed by atoms with Crippen molar-refractivity contribution in [2.75, 3.05) is 26.7 Å². The third-order valence-corrected chi connectivity index (χ3v) is 2.90. The van der Waals surface area contributed by atoms with Crippen LogP contribution in [0.15, 0.2) is 0 Å². The van der Waals surface area contributed by atoms with Crippen LogP contribution in [0.3, 0.4) is 0 Å². The Morgan fingerprint density at radius 2 is 2.23 bits per heavy atom. The molecular formula is C10H22N2O. The van der Waals surface area contributed by atoms with E-state index in [1.807, 2.05) is 0 Å². The van der Waals surface area contributed by atoms with Gasteiger partial charge in [0, 0.05) is 32.8 Å². The average molecular weight is 186 g/mol. The minimum absolute atomic E-state index is 0.326. The Balaban J connectivity index is 2.28. The summed E-state index contributed by atoms with van der Waals surface area (Å²) in [6.07, 6.45) is 4.40. The smallest absolute Gasteiger partial charge is 0.0670 e. The van der Waals surface area contributed by atoms with Gasteiger partial charge in [0.05, 0.1) is 6.10 Å². The van der Waals surface area contributed by atoms with E-state index in [1.54, 1.807) is 7.11 Å². The third-order valence-electron chi connectivity index (χ3n) is 2.90. The Morgan fingerprint density at radius 1 is 1.54 bits per heavy atom. The van der Waals surface area contributed by atoms with Crippen molar-refractivity contribution in [2.24, 2.45) is 5.73 Å². The summed E-state index contributed by atoms with van der Waals surface area (Å²) in [5.74, 6) is 0. The van der Waals surface area contributed by atoms with Gasteiger partial charge < -0.3 is 10.5 Å². The number of ether oxygens (including phenoxy) is 1. The molecule has 1 atom stereocenters. The van der Waals surface area contributed by atoms with Gasteiger partial charge in [-0.15, -0.1) is 0 Å². The average Bonchev–Trinajstić information content (AvgIpc) is 2.01. The summed E-state index contributed by atoms with van der Waals surface area (Å²) in [4.78, 5) is 2.47. The van der Waals surface area contributed by atoms with Crippen LogP contribution in [0.25, 0.3) is 0 Å². The molecule has 0 aliphatic heterocycles. The Morgan fingerprint density at radius 3 is 2.62 bits per heavy atom. The quantitative estimate of drug-likeness (QED) is 0.668. The largest absolute Gasteiger partial charge is 0.380 e. The van der Waals surface area contributed by atoms with Gasteiger partial charge in [0.15, 0.2) is 0 Å². The normalized spacial score (nSPS) is 20.3. The summed E-state index contributed by atoms with van der Waals surface area (Å²) in [6.45, 7) is 4.91. The zero-order valence-electron chi connectivity index (χ0n) is 8.83. The maximum absolute atomic E-state index is 5.58. The Labute approximate surface area is 81.2 Å². The standard InChI is InChI=1S/C10H22N2O/c1-9(13-2)8-12(7-6-11)10-4-3-5-10/h9-10H,3-8,11H2,1-2H3. The van der Waals surface area contributed by atoms with E-state index in [9.17, 15) is 0 Å². The first kappa shape index (κ1) is 11.0. The predicted molar refractivity (Wildman–Crippen MR) is 54.7 cm³/mol. The van der Waals surface area contributed by atoms with Gasteiger partial charge in [-0.2, -0.15) is 0 Å². The van der Waals surface area contributed by atoms with Crippen molar-refractivity contribution in [3.8, 4) is 0 Å². The highest BCUT2D eigenvalue weighted by Crippen LogP contribution is 2.24. The molecule has 1 aliphatic carbocycles. The molecule has 0 aromatic rings. The predicted octanol–water partition coefficient (Wildman–Crippen LogP) is 0.834. The van der Waals surface area contributed by atoms with Crippen LogP contribution in [0, 0.1) is 0 Å². The summed E-state index contributed by atoms with van der Waals surface area (Å²) >= 11 is 0. The lowest BCUT2D eigenvalue weighted by molar-refractivity contribution is 0.0418. The zero-order chi connectivity index (χ0) is 9.68. The minimum Gasteiger partial charge on any atom is -0.380 e. The fourth-order valence-corrected chi connectivity index (χ4v) is 1.75. The van der Waals surface area contributed by atoms with E-state index in [1.165, 1.54) is 19.3 Å². The van der Waals surface area contributed by atoms with Crippen LogP contribution in [-0.4, -0.2) is 43.8 Å². The van der Waals surface area contributed by atoms with E-state index >= 15 is 0 Å². The Bertz CT molecular complexity index is 137. The molecule has 3 nitrogen and oxygen atoms in total. The summed E-state index contributed by atoms with van der Waals surface area (Å²) in [5, 5.41) is 0. The fraction of sp³-hybridized carbons (Fsp3) is 1.00. The fourth-order valence-electron chi connectivity index (χ4n) is 1.75. The van der Waals surface area contributed by atoms with Gasteiger partial charge in [-0.1, -0.05) is 6.42 Å². The molecule has 0 heterocycles. The topological polar surface area (TPSA) is 38.5 Å². The molecular weight excluding hydrogens is 164 g/mol. The van der Waals surface area contributed by atoms with E-state index < -0.39 is 0 Å². The molecule has 0 aromatic carbocycles. The number of hydrogen-bond donors (Lipinski definition) is 1. The van der Waals surface area contributed by atoms with Gasteiger partial charge in [0.1, 0.15) is 0 Å². The van der Waals surface area contributed by atoms with Crippen molar-refractivity contribution >= 4 is 0 Å². The van der Waals surface area contributed by atoms with Crippen LogP contribution in [0.4, 0.5) is 0 Å². The first-order valence-corrected chi connectivity index (χ1v) is 5.24. The molecule has 1 unspecified atom stereocenters. The minimum atomic E-state index is 0.326. The molecule has 1 fully saturated rings. The van der Waals surface area contributed by atoms with Gasteiger partial charge in [-0.05, 0) is 19.8 Å². The lowest BCUT2D eigenvalue weighted by atomic mass is 9.91. The Kier molecular flexibility index (Phi) is 4.70. The van der Waals surface area contributed by atoms with Crippen molar-refractivity contribution in [1.82, 2.24) is 4.90 Å². The number of rotatable bonds is 6. The van der Waals surface area contributed by atoms with Crippen molar-refractivity contribution in [1.29, 1.82) is 0 Å². The van der Waals surface area contributed by atoms with Crippen molar-refractivity contribution in [3.63, 3.8) is 0 Å². The molecule has 0 spiro atoms. The van der Waals surface area contributed by atoms with Crippen LogP contribution in [-0.2, 0) is 4.74 Å². The number of methoxy groups -OCH3 is 1. The first-order valence-electron chi connectivity index (χ1n) is 5.24. The molecule has 0 saturated heterocycles. The molecule has 0 aromatic heterocycles. The van der Waals surface area contributed by atoms with Crippen LogP contribution in [0.1, 0.15) is 26.2 Å². The first-order chi connectivity index (χ1) is 6.27. The summed E-state index contributed by atoms with van der Waals surface area (Å²) in [5.41, 5.74) is 5.58. The molecule has 1 rings (SSSR count). The van der Waals surface area contributed by atoms with Gasteiger partial charge in [0.25, 0.3) is 0 Å². The molecule has 78 valence electrons. The lowest BCUT2D eigenvalue weighted by Crippen LogP contribution is -2.46. The second-order valence-electron chi connectivity index (χ2n) is 3.91. The van der Waals surface area contributed by atoms with Crippen LogP contribution >= 0.6 is 0 Å². The highest BCUT2D eigenvalue weighted by atomic mass is 16.5. The van der Waals surface area contributed by atoms with E-state index in [2.05, 4.69) is 11.8 Å². The number of nitrogens with two attached hydrogens (primary N) is 1.